The molecule has 1 saturated carbocycles. The van der Waals surface area contributed by atoms with Gasteiger partial charge < -0.3 is 19.5 Å². The lowest BCUT2D eigenvalue weighted by Gasteiger charge is -2.53. The zero-order valence-electron chi connectivity index (χ0n) is 16.1. The number of carboxylic acid groups (broad SMARTS) is 1. The first kappa shape index (κ1) is 18.0. The first-order valence-corrected chi connectivity index (χ1v) is 10.1. The minimum absolute atomic E-state index is 0.0855. The first-order chi connectivity index (χ1) is 14.1. The zero-order valence-corrected chi connectivity index (χ0v) is 16.1. The first-order valence-electron chi connectivity index (χ1n) is 10.1. The molecule has 1 N–H and O–H groups in total. The summed E-state index contributed by atoms with van der Waals surface area (Å²) in [6.07, 6.45) is 4.33. The molecule has 1 atom stereocenters. The van der Waals surface area contributed by atoms with Crippen molar-refractivity contribution in [3.05, 3.63) is 59.2 Å². The number of hydrogen-bond acceptors (Lipinski definition) is 4. The van der Waals surface area contributed by atoms with Crippen LogP contribution in [0.5, 0.6) is 11.5 Å². The molecule has 0 saturated heterocycles. The Bertz CT molecular complexity index is 979. The molecule has 5 rings (SSSR count). The number of rotatable bonds is 3. The summed E-state index contributed by atoms with van der Waals surface area (Å²) >= 11 is 0. The van der Waals surface area contributed by atoms with Crippen LogP contribution in [-0.2, 0) is 11.3 Å². The summed E-state index contributed by atoms with van der Waals surface area (Å²) in [6.45, 7) is 0.549. The van der Waals surface area contributed by atoms with Crippen LogP contribution in [0.1, 0.15) is 59.5 Å². The highest BCUT2D eigenvalue weighted by Crippen LogP contribution is 2.50. The molecule has 6 nitrogen and oxygen atoms in total. The van der Waals surface area contributed by atoms with Crippen molar-refractivity contribution in [3.63, 3.8) is 0 Å². The van der Waals surface area contributed by atoms with E-state index in [2.05, 4.69) is 0 Å². The Morgan fingerprint density at radius 3 is 2.62 bits per heavy atom. The van der Waals surface area contributed by atoms with Crippen molar-refractivity contribution in [2.24, 2.45) is 0 Å². The topological polar surface area (TPSA) is 76.1 Å². The highest BCUT2D eigenvalue weighted by atomic mass is 16.7. The predicted molar refractivity (Wildman–Crippen MR) is 105 cm³/mol. The average molecular weight is 393 g/mol. The molecule has 1 spiro atoms. The molecule has 6 heteroatoms. The van der Waals surface area contributed by atoms with Gasteiger partial charge in [-0.15, -0.1) is 0 Å². The van der Waals surface area contributed by atoms with E-state index >= 15 is 0 Å². The molecule has 150 valence electrons. The number of carbonyl (C=O) groups excluding carboxylic acids is 1. The van der Waals surface area contributed by atoms with Gasteiger partial charge >= 0.3 is 5.97 Å². The van der Waals surface area contributed by atoms with Crippen molar-refractivity contribution in [2.45, 2.75) is 50.1 Å². The van der Waals surface area contributed by atoms with Crippen molar-refractivity contribution in [1.29, 1.82) is 0 Å². The minimum atomic E-state index is -0.859. The van der Waals surface area contributed by atoms with Gasteiger partial charge in [0.15, 0.2) is 11.5 Å². The zero-order chi connectivity index (χ0) is 20.0. The van der Waals surface area contributed by atoms with Crippen molar-refractivity contribution >= 4 is 11.9 Å². The molecule has 2 aliphatic heterocycles. The third kappa shape index (κ3) is 2.77. The number of carbonyl (C=O) groups is 2. The third-order valence-electron chi connectivity index (χ3n) is 6.57. The Balaban J connectivity index is 1.62. The molecule has 0 bridgehead atoms. The van der Waals surface area contributed by atoms with Crippen LogP contribution < -0.4 is 9.47 Å². The summed E-state index contributed by atoms with van der Waals surface area (Å²) in [6, 6.07) is 12.8. The van der Waals surface area contributed by atoms with E-state index in [9.17, 15) is 14.7 Å². The van der Waals surface area contributed by atoms with Crippen LogP contribution in [0.3, 0.4) is 0 Å². The largest absolute Gasteiger partial charge is 0.481 e. The van der Waals surface area contributed by atoms with Gasteiger partial charge in [0, 0.05) is 12.1 Å². The number of aliphatic carboxylic acids is 1. The smallest absolute Gasteiger partial charge is 0.313 e. The van der Waals surface area contributed by atoms with E-state index in [-0.39, 0.29) is 12.7 Å². The molecule has 0 radical (unpaired) electrons. The van der Waals surface area contributed by atoms with E-state index < -0.39 is 17.4 Å². The van der Waals surface area contributed by atoms with E-state index in [0.717, 1.165) is 24.8 Å². The van der Waals surface area contributed by atoms with Crippen LogP contribution in [0.15, 0.2) is 42.5 Å². The summed E-state index contributed by atoms with van der Waals surface area (Å²) in [4.78, 5) is 27.9. The van der Waals surface area contributed by atoms with Gasteiger partial charge in [0.2, 0.25) is 6.79 Å². The molecular formula is C23H23NO5. The van der Waals surface area contributed by atoms with Crippen LogP contribution >= 0.6 is 0 Å². The van der Waals surface area contributed by atoms with Gasteiger partial charge in [-0.25, -0.2) is 0 Å². The number of fused-ring (bicyclic) bond motifs is 2. The summed E-state index contributed by atoms with van der Waals surface area (Å²) in [5.41, 5.74) is 1.35. The Morgan fingerprint density at radius 2 is 1.83 bits per heavy atom. The van der Waals surface area contributed by atoms with E-state index in [1.807, 2.05) is 29.2 Å². The second kappa shape index (κ2) is 6.79. The standard InChI is InChI=1S/C23H23NO5/c25-21-17-7-3-2-6-16(17)20(22(26)27)23(10-4-1-5-11-23)24(21)13-15-8-9-18-19(12-15)29-14-28-18/h2-3,6-9,12,20H,1,4-5,10-11,13-14H2,(H,26,27). The quantitative estimate of drug-likeness (QED) is 0.855. The van der Waals surface area contributed by atoms with Crippen molar-refractivity contribution in [3.8, 4) is 11.5 Å². The maximum atomic E-state index is 13.6. The number of ether oxygens (including phenoxy) is 2. The number of benzene rings is 2. The summed E-state index contributed by atoms with van der Waals surface area (Å²) in [7, 11) is 0. The average Bonchev–Trinajstić information content (AvgIpc) is 3.20. The van der Waals surface area contributed by atoms with Crippen LogP contribution in [-0.4, -0.2) is 34.2 Å². The lowest BCUT2D eigenvalue weighted by Crippen LogP contribution is -2.60. The van der Waals surface area contributed by atoms with Crippen LogP contribution in [0.2, 0.25) is 0 Å². The fraction of sp³-hybridized carbons (Fsp3) is 0.391. The molecule has 2 aromatic rings. The van der Waals surface area contributed by atoms with Crippen molar-refractivity contribution in [1.82, 2.24) is 4.90 Å². The van der Waals surface area contributed by atoms with Gasteiger partial charge in [-0.3, -0.25) is 9.59 Å². The molecule has 1 amide bonds. The number of nitrogens with zero attached hydrogens (tertiary/aromatic N) is 1. The normalized spacial score (nSPS) is 21.9. The maximum Gasteiger partial charge on any atom is 0.313 e. The molecule has 2 aromatic carbocycles. The Labute approximate surface area is 169 Å². The van der Waals surface area contributed by atoms with Gasteiger partial charge in [0.1, 0.15) is 5.92 Å². The Hall–Kier alpha value is -3.02. The third-order valence-corrected chi connectivity index (χ3v) is 6.57. The van der Waals surface area contributed by atoms with Gasteiger partial charge in [-0.05, 0) is 42.2 Å². The van der Waals surface area contributed by atoms with Crippen LogP contribution in [0.25, 0.3) is 0 Å². The molecule has 3 aliphatic rings. The number of carboxylic acids is 1. The van der Waals surface area contributed by atoms with Crippen LogP contribution in [0, 0.1) is 0 Å². The molecule has 2 heterocycles. The molecule has 1 fully saturated rings. The molecular weight excluding hydrogens is 370 g/mol. The lowest BCUT2D eigenvalue weighted by atomic mass is 9.65. The van der Waals surface area contributed by atoms with Gasteiger partial charge in [0.25, 0.3) is 5.91 Å². The van der Waals surface area contributed by atoms with E-state index in [4.69, 9.17) is 9.47 Å². The summed E-state index contributed by atoms with van der Waals surface area (Å²) in [5.74, 6) is -0.300. The highest BCUT2D eigenvalue weighted by molar-refractivity contribution is 6.01. The molecule has 0 aromatic heterocycles. The minimum Gasteiger partial charge on any atom is -0.481 e. The second-order valence-electron chi connectivity index (χ2n) is 8.10. The second-order valence-corrected chi connectivity index (χ2v) is 8.10. The fourth-order valence-electron chi connectivity index (χ4n) is 5.27. The van der Waals surface area contributed by atoms with Gasteiger partial charge in [0.05, 0.1) is 5.54 Å². The van der Waals surface area contributed by atoms with Crippen molar-refractivity contribution < 1.29 is 24.2 Å². The highest BCUT2D eigenvalue weighted by Gasteiger charge is 2.54. The fourth-order valence-corrected chi connectivity index (χ4v) is 5.27. The molecule has 29 heavy (non-hydrogen) atoms. The number of amides is 1. The lowest BCUT2D eigenvalue weighted by molar-refractivity contribution is -0.144. The Morgan fingerprint density at radius 1 is 1.07 bits per heavy atom. The summed E-state index contributed by atoms with van der Waals surface area (Å²) in [5, 5.41) is 10.2. The van der Waals surface area contributed by atoms with E-state index in [0.29, 0.717) is 42.0 Å². The SMILES string of the molecule is O=C(O)C1c2ccccc2C(=O)N(Cc2ccc3c(c2)OCO3)C12CCCCC2. The van der Waals surface area contributed by atoms with Gasteiger partial charge in [-0.1, -0.05) is 43.5 Å². The maximum absolute atomic E-state index is 13.6. The molecule has 1 unspecified atom stereocenters. The predicted octanol–water partition coefficient (Wildman–Crippen LogP) is 3.94. The van der Waals surface area contributed by atoms with E-state index in [1.165, 1.54) is 0 Å². The number of hydrogen-bond donors (Lipinski definition) is 1. The van der Waals surface area contributed by atoms with Gasteiger partial charge in [-0.2, -0.15) is 0 Å². The Kier molecular flexibility index (Phi) is 4.23. The van der Waals surface area contributed by atoms with E-state index in [1.54, 1.807) is 18.2 Å². The van der Waals surface area contributed by atoms with Crippen molar-refractivity contribution in [2.75, 3.05) is 6.79 Å². The molecule has 1 aliphatic carbocycles. The monoisotopic (exact) mass is 393 g/mol. The van der Waals surface area contributed by atoms with Crippen LogP contribution in [0.4, 0.5) is 0 Å². The summed E-state index contributed by atoms with van der Waals surface area (Å²) < 4.78 is 10.9.